The topological polar surface area (TPSA) is 78.9 Å². The van der Waals surface area contributed by atoms with E-state index in [1.165, 1.54) is 0 Å². The summed E-state index contributed by atoms with van der Waals surface area (Å²) in [6.07, 6.45) is 0. The average Bonchev–Trinajstić information content (AvgIpc) is 2.36. The monoisotopic (exact) mass is 330 g/mol. The molecule has 0 amide bonds. The summed E-state index contributed by atoms with van der Waals surface area (Å²) >= 11 is 3.00. The number of esters is 1. The van der Waals surface area contributed by atoms with Crippen molar-refractivity contribution in [3.63, 3.8) is 0 Å². The fourth-order valence-electron chi connectivity index (χ4n) is 1.22. The molecule has 0 aliphatic carbocycles. The van der Waals surface area contributed by atoms with Crippen LogP contribution < -0.4 is 0 Å². The highest BCUT2D eigenvalue weighted by Crippen LogP contribution is 2.34. The number of carbonyl (C=O) groups is 3. The summed E-state index contributed by atoms with van der Waals surface area (Å²) in [6.45, 7) is 2.20. The van der Waals surface area contributed by atoms with Crippen LogP contribution in [0.3, 0.4) is 0 Å². The molecule has 7 heteroatoms. The van der Waals surface area contributed by atoms with Crippen molar-refractivity contribution in [2.45, 2.75) is 18.4 Å². The van der Waals surface area contributed by atoms with Gasteiger partial charge in [-0.25, -0.2) is 19.4 Å². The van der Waals surface area contributed by atoms with E-state index in [0.717, 1.165) is 13.8 Å². The molecule has 0 bridgehead atoms. The Hall–Kier alpha value is -1.89. The average molecular weight is 331 g/mol. The number of halogens is 1. The van der Waals surface area contributed by atoms with Gasteiger partial charge in [-0.3, -0.25) is 4.79 Å². The molecule has 1 unspecified atom stereocenters. The number of ether oxygens (including phenoxy) is 1. The van der Waals surface area contributed by atoms with E-state index in [0.29, 0.717) is 5.56 Å². The predicted molar refractivity (Wildman–Crippen MR) is 66.7 cm³/mol. The molecule has 0 saturated heterocycles. The van der Waals surface area contributed by atoms with Gasteiger partial charge in [-0.05, 0) is 15.9 Å². The van der Waals surface area contributed by atoms with Crippen molar-refractivity contribution in [2.75, 3.05) is 0 Å². The molecule has 0 radical (unpaired) electrons. The second-order valence-corrected chi connectivity index (χ2v) is 4.62. The normalized spacial score (nSPS) is 13.0. The molecular formula is C12H11BrO6. The maximum Gasteiger partial charge on any atom is 0.414 e. The summed E-state index contributed by atoms with van der Waals surface area (Å²) in [5.41, 5.74) is 0.322. The first-order valence-electron chi connectivity index (χ1n) is 5.20. The van der Waals surface area contributed by atoms with Crippen molar-refractivity contribution in [1.29, 1.82) is 0 Å². The maximum atomic E-state index is 11.9. The largest absolute Gasteiger partial charge is 0.431 e. The van der Waals surface area contributed by atoms with E-state index in [4.69, 9.17) is 4.74 Å². The van der Waals surface area contributed by atoms with E-state index < -0.39 is 22.4 Å². The first-order valence-corrected chi connectivity index (χ1v) is 5.99. The van der Waals surface area contributed by atoms with Crippen LogP contribution in [0.4, 0.5) is 0 Å². The minimum Gasteiger partial charge on any atom is -0.431 e. The van der Waals surface area contributed by atoms with Gasteiger partial charge in [-0.2, -0.15) is 0 Å². The molecule has 0 N–H and O–H groups in total. The van der Waals surface area contributed by atoms with Crippen LogP contribution in [0, 0.1) is 0 Å². The van der Waals surface area contributed by atoms with Gasteiger partial charge in [0.05, 0.1) is 0 Å². The molecule has 0 spiro atoms. The van der Waals surface area contributed by atoms with E-state index in [1.807, 2.05) is 0 Å². The molecule has 1 rings (SSSR count). The van der Waals surface area contributed by atoms with Crippen LogP contribution in [0.15, 0.2) is 30.3 Å². The summed E-state index contributed by atoms with van der Waals surface area (Å²) in [5, 5.41) is 0. The Morgan fingerprint density at radius 3 is 2.05 bits per heavy atom. The number of carbonyl (C=O) groups excluding carboxylic acids is 3. The Morgan fingerprint density at radius 1 is 1.00 bits per heavy atom. The van der Waals surface area contributed by atoms with Gasteiger partial charge in [0.25, 0.3) is 4.51 Å². The zero-order valence-corrected chi connectivity index (χ0v) is 11.8. The summed E-state index contributed by atoms with van der Waals surface area (Å²) in [7, 11) is 0. The second-order valence-electron chi connectivity index (χ2n) is 3.50. The Morgan fingerprint density at radius 2 is 1.58 bits per heavy atom. The lowest BCUT2D eigenvalue weighted by Crippen LogP contribution is -2.36. The first kappa shape index (κ1) is 15.2. The molecule has 0 heterocycles. The van der Waals surface area contributed by atoms with Gasteiger partial charge in [0.2, 0.25) is 0 Å². The first-order chi connectivity index (χ1) is 8.86. The predicted octanol–water partition coefficient (Wildman–Crippen LogP) is 1.82. The van der Waals surface area contributed by atoms with E-state index in [-0.39, 0.29) is 0 Å². The van der Waals surface area contributed by atoms with Crippen molar-refractivity contribution in [3.05, 3.63) is 35.9 Å². The third kappa shape index (κ3) is 4.06. The van der Waals surface area contributed by atoms with Crippen LogP contribution in [0.1, 0.15) is 19.4 Å². The van der Waals surface area contributed by atoms with Gasteiger partial charge in [-0.1, -0.05) is 30.3 Å². The summed E-state index contributed by atoms with van der Waals surface area (Å²) in [5.74, 6) is -2.59. The Labute approximate surface area is 117 Å². The van der Waals surface area contributed by atoms with E-state index in [9.17, 15) is 14.4 Å². The third-order valence-electron chi connectivity index (χ3n) is 1.93. The van der Waals surface area contributed by atoms with Crippen molar-refractivity contribution < 1.29 is 28.9 Å². The SMILES string of the molecule is CC(=O)OOC(=O)C(Br)(OC(C)=O)c1ccccc1. The van der Waals surface area contributed by atoms with Gasteiger partial charge in [0, 0.05) is 19.4 Å². The quantitative estimate of drug-likeness (QED) is 0.364. The molecule has 1 aromatic rings. The smallest absolute Gasteiger partial charge is 0.414 e. The molecule has 1 atom stereocenters. The van der Waals surface area contributed by atoms with Gasteiger partial charge in [0.1, 0.15) is 0 Å². The van der Waals surface area contributed by atoms with Crippen LogP contribution in [0.5, 0.6) is 0 Å². The highest BCUT2D eigenvalue weighted by Gasteiger charge is 2.44. The molecule has 0 saturated carbocycles. The van der Waals surface area contributed by atoms with Gasteiger partial charge in [-0.15, -0.1) is 0 Å². The molecule has 6 nitrogen and oxygen atoms in total. The van der Waals surface area contributed by atoms with Gasteiger partial charge in [0.15, 0.2) is 0 Å². The lowest BCUT2D eigenvalue weighted by atomic mass is 10.1. The molecule has 0 aliphatic heterocycles. The molecule has 1 aromatic carbocycles. The second kappa shape index (κ2) is 6.33. The van der Waals surface area contributed by atoms with Crippen LogP contribution in [-0.4, -0.2) is 17.9 Å². The number of alkyl halides is 1. The zero-order chi connectivity index (χ0) is 14.5. The van der Waals surface area contributed by atoms with Crippen LogP contribution in [0.2, 0.25) is 0 Å². The number of hydrogen-bond acceptors (Lipinski definition) is 6. The number of rotatable bonds is 3. The highest BCUT2D eigenvalue weighted by atomic mass is 79.9. The molecule has 19 heavy (non-hydrogen) atoms. The molecule has 0 aliphatic rings. The highest BCUT2D eigenvalue weighted by molar-refractivity contribution is 9.10. The molecule has 0 aromatic heterocycles. The standard InChI is InChI=1S/C12H11BrO6/c1-8(14)17-12(13,10-6-4-3-5-7-10)11(16)19-18-9(2)15/h3-7H,1-2H3. The summed E-state index contributed by atoms with van der Waals surface area (Å²) in [4.78, 5) is 42.1. The fourth-order valence-corrected chi connectivity index (χ4v) is 1.78. The molecular weight excluding hydrogens is 320 g/mol. The zero-order valence-electron chi connectivity index (χ0n) is 10.2. The minimum atomic E-state index is -1.87. The number of benzene rings is 1. The van der Waals surface area contributed by atoms with Gasteiger partial charge < -0.3 is 4.74 Å². The van der Waals surface area contributed by atoms with Crippen molar-refractivity contribution in [3.8, 4) is 0 Å². The van der Waals surface area contributed by atoms with Crippen molar-refractivity contribution in [2.24, 2.45) is 0 Å². The van der Waals surface area contributed by atoms with Gasteiger partial charge >= 0.3 is 17.9 Å². The third-order valence-corrected chi connectivity index (χ3v) is 2.87. The van der Waals surface area contributed by atoms with Crippen molar-refractivity contribution >= 4 is 33.8 Å². The Balaban J connectivity index is 3.02. The fraction of sp³-hybridized carbons (Fsp3) is 0.250. The minimum absolute atomic E-state index is 0.322. The summed E-state index contributed by atoms with van der Waals surface area (Å²) < 4.78 is 3.06. The lowest BCUT2D eigenvalue weighted by molar-refractivity contribution is -0.265. The lowest BCUT2D eigenvalue weighted by Gasteiger charge is -2.23. The molecule has 102 valence electrons. The Kier molecular flexibility index (Phi) is 5.05. The van der Waals surface area contributed by atoms with Crippen LogP contribution in [0.25, 0.3) is 0 Å². The van der Waals surface area contributed by atoms with E-state index >= 15 is 0 Å². The van der Waals surface area contributed by atoms with Crippen LogP contribution in [-0.2, 0) is 33.4 Å². The van der Waals surface area contributed by atoms with E-state index in [1.54, 1.807) is 30.3 Å². The maximum absolute atomic E-state index is 11.9. The number of hydrogen-bond donors (Lipinski definition) is 0. The van der Waals surface area contributed by atoms with Crippen LogP contribution >= 0.6 is 15.9 Å². The summed E-state index contributed by atoms with van der Waals surface area (Å²) in [6, 6.07) is 8.11. The Bertz CT molecular complexity index is 486. The van der Waals surface area contributed by atoms with Crippen molar-refractivity contribution in [1.82, 2.24) is 0 Å². The molecule has 0 fully saturated rings. The van der Waals surface area contributed by atoms with E-state index in [2.05, 4.69) is 25.7 Å².